The highest BCUT2D eigenvalue weighted by Crippen LogP contribution is 2.39. The maximum atomic E-state index is 12.9. The van der Waals surface area contributed by atoms with E-state index in [1.165, 1.54) is 11.3 Å². The summed E-state index contributed by atoms with van der Waals surface area (Å²) in [5, 5.41) is 13.1. The van der Waals surface area contributed by atoms with Gasteiger partial charge < -0.3 is 9.52 Å². The van der Waals surface area contributed by atoms with Crippen molar-refractivity contribution in [2.75, 3.05) is 18.4 Å². The number of nitrogens with zero attached hydrogens (tertiary/aromatic N) is 3. The van der Waals surface area contributed by atoms with Gasteiger partial charge in [0.05, 0.1) is 17.2 Å². The molecule has 2 N–H and O–H groups in total. The largest absolute Gasteiger partial charge is 0.463 e. The first kappa shape index (κ1) is 26.8. The molecule has 1 saturated heterocycles. The van der Waals surface area contributed by atoms with Crippen LogP contribution in [-0.2, 0) is 6.54 Å². The van der Waals surface area contributed by atoms with Gasteiger partial charge in [0.25, 0.3) is 5.91 Å². The molecule has 184 valence electrons. The van der Waals surface area contributed by atoms with Crippen LogP contribution in [0.5, 0.6) is 0 Å². The molecule has 1 amide bonds. The second-order valence-corrected chi connectivity index (χ2v) is 9.07. The Bertz CT molecular complexity index is 1210. The minimum Gasteiger partial charge on any atom is -0.463 e. The lowest BCUT2D eigenvalue weighted by molar-refractivity contribution is 0.0792. The van der Waals surface area contributed by atoms with Gasteiger partial charge in [0, 0.05) is 37.6 Å². The summed E-state index contributed by atoms with van der Waals surface area (Å²) < 4.78 is 5.56. The Balaban J connectivity index is 0.00000171. The number of anilines is 1. The lowest BCUT2D eigenvalue weighted by Gasteiger charge is -2.29. The van der Waals surface area contributed by atoms with Gasteiger partial charge in [-0.25, -0.2) is 4.98 Å². The Morgan fingerprint density at radius 1 is 1.09 bits per heavy atom. The van der Waals surface area contributed by atoms with Crippen LogP contribution >= 0.6 is 36.2 Å². The molecule has 7 nitrogen and oxygen atoms in total. The van der Waals surface area contributed by atoms with E-state index in [0.717, 1.165) is 48.5 Å². The first-order valence-corrected chi connectivity index (χ1v) is 11.7. The molecule has 0 aliphatic carbocycles. The number of aliphatic hydroxyl groups is 1. The number of likely N-dealkylation sites (tertiary alicyclic amines) is 1. The summed E-state index contributed by atoms with van der Waals surface area (Å²) in [5.41, 5.74) is 3.38. The fraction of sp³-hybridized carbons (Fsp3) is 0.240. The van der Waals surface area contributed by atoms with E-state index in [9.17, 15) is 9.90 Å². The van der Waals surface area contributed by atoms with Crippen LogP contribution < -0.4 is 5.32 Å². The van der Waals surface area contributed by atoms with E-state index >= 15 is 0 Å². The number of pyridine rings is 1. The minimum absolute atomic E-state index is 0. The first-order valence-electron chi connectivity index (χ1n) is 10.9. The molecule has 0 atom stereocenters. The van der Waals surface area contributed by atoms with Crippen LogP contribution in [0.2, 0.25) is 0 Å². The molecule has 1 fully saturated rings. The molecule has 0 radical (unpaired) electrons. The van der Waals surface area contributed by atoms with Gasteiger partial charge in [0.15, 0.2) is 10.9 Å². The number of hydrogen-bond acceptors (Lipinski definition) is 7. The molecular weight excluding hydrogens is 507 g/mol. The molecule has 1 aliphatic heterocycles. The molecule has 10 heteroatoms. The average molecular weight is 533 g/mol. The van der Waals surface area contributed by atoms with E-state index in [-0.39, 0.29) is 36.8 Å². The molecule has 0 spiro atoms. The first-order chi connectivity index (χ1) is 16.2. The number of thiazole rings is 1. The summed E-state index contributed by atoms with van der Waals surface area (Å²) >= 11 is 1.40. The van der Waals surface area contributed by atoms with Gasteiger partial charge in [-0.05, 0) is 60.4 Å². The third-order valence-corrected chi connectivity index (χ3v) is 6.74. The average Bonchev–Trinajstić information content (AvgIpc) is 3.52. The van der Waals surface area contributed by atoms with Gasteiger partial charge in [-0.3, -0.25) is 20.0 Å². The second-order valence-electron chi connectivity index (χ2n) is 8.07. The number of aliphatic hydroxyl groups excluding tert-OH is 1. The van der Waals surface area contributed by atoms with Gasteiger partial charge in [-0.15, -0.1) is 24.8 Å². The van der Waals surface area contributed by atoms with Crippen LogP contribution in [0.4, 0.5) is 5.13 Å². The van der Waals surface area contributed by atoms with Crippen molar-refractivity contribution in [1.82, 2.24) is 14.9 Å². The van der Waals surface area contributed by atoms with Crippen molar-refractivity contribution in [3.63, 3.8) is 0 Å². The molecule has 0 saturated carbocycles. The highest BCUT2D eigenvalue weighted by atomic mass is 35.5. The number of furan rings is 1. The number of carbonyl (C=O) groups is 1. The Labute approximate surface area is 220 Å². The zero-order valence-corrected chi connectivity index (χ0v) is 21.2. The van der Waals surface area contributed by atoms with Crippen molar-refractivity contribution in [2.45, 2.75) is 25.5 Å². The third-order valence-electron chi connectivity index (χ3n) is 5.72. The molecule has 0 unspecified atom stereocenters. The van der Waals surface area contributed by atoms with Crippen LogP contribution in [0.3, 0.4) is 0 Å². The zero-order chi connectivity index (χ0) is 22.6. The number of halogens is 2. The van der Waals surface area contributed by atoms with Crippen molar-refractivity contribution in [3.05, 3.63) is 78.3 Å². The Morgan fingerprint density at radius 2 is 1.80 bits per heavy atom. The number of carbonyl (C=O) groups excluding carboxylic acids is 1. The number of aromatic nitrogens is 2. The number of rotatable bonds is 6. The fourth-order valence-corrected chi connectivity index (χ4v) is 4.89. The summed E-state index contributed by atoms with van der Waals surface area (Å²) in [6.07, 6.45) is 6.52. The van der Waals surface area contributed by atoms with E-state index in [1.807, 2.05) is 48.5 Å². The predicted octanol–water partition coefficient (Wildman–Crippen LogP) is 5.52. The fourth-order valence-electron chi connectivity index (χ4n) is 3.92. The number of hydrogen-bond donors (Lipinski definition) is 2. The maximum absolute atomic E-state index is 12.9. The molecule has 4 aromatic rings. The van der Waals surface area contributed by atoms with Gasteiger partial charge >= 0.3 is 0 Å². The molecule has 5 rings (SSSR count). The normalized spacial score (nSPS) is 14.1. The third kappa shape index (κ3) is 6.48. The van der Waals surface area contributed by atoms with E-state index < -0.39 is 0 Å². The quantitative estimate of drug-likeness (QED) is 0.339. The molecule has 4 heterocycles. The van der Waals surface area contributed by atoms with Crippen molar-refractivity contribution >= 4 is 47.2 Å². The van der Waals surface area contributed by atoms with Gasteiger partial charge in [-0.2, -0.15) is 0 Å². The molecular formula is C25H26Cl2N4O3S. The molecule has 1 aliphatic rings. The van der Waals surface area contributed by atoms with E-state index in [0.29, 0.717) is 22.1 Å². The topological polar surface area (TPSA) is 91.5 Å². The van der Waals surface area contributed by atoms with Gasteiger partial charge in [0.1, 0.15) is 5.69 Å². The Kier molecular flexibility index (Phi) is 9.42. The van der Waals surface area contributed by atoms with Crippen LogP contribution in [0.15, 0.2) is 71.6 Å². The Morgan fingerprint density at radius 3 is 2.46 bits per heavy atom. The highest BCUT2D eigenvalue weighted by molar-refractivity contribution is 7.19. The summed E-state index contributed by atoms with van der Waals surface area (Å²) in [5.74, 6) is 0.441. The smallest absolute Gasteiger partial charge is 0.257 e. The molecule has 1 aromatic carbocycles. The summed E-state index contributed by atoms with van der Waals surface area (Å²) in [6, 6.07) is 15.1. The number of nitrogens with one attached hydrogen (secondary N) is 1. The molecule has 0 bridgehead atoms. The van der Waals surface area contributed by atoms with Crippen LogP contribution in [0, 0.1) is 0 Å². The summed E-state index contributed by atoms with van der Waals surface area (Å²) in [7, 11) is 0. The summed E-state index contributed by atoms with van der Waals surface area (Å²) in [6.45, 7) is 2.61. The molecule has 3 aromatic heterocycles. The van der Waals surface area contributed by atoms with E-state index in [4.69, 9.17) is 4.42 Å². The van der Waals surface area contributed by atoms with Crippen LogP contribution in [0.1, 0.15) is 28.8 Å². The standard InChI is InChI=1S/C25H24N4O3S.2ClH/c30-20-9-13-29(14-10-20)16-17-3-5-19(6-4-17)24(31)28-25-27-22(21-2-1-15-32-21)23(33-25)18-7-11-26-12-8-18;;/h1-8,11-12,15,20,30H,9-10,13-14,16H2,(H,27,28,31);2*1H. The predicted molar refractivity (Wildman–Crippen MR) is 142 cm³/mol. The van der Waals surface area contributed by atoms with E-state index in [2.05, 4.69) is 20.2 Å². The van der Waals surface area contributed by atoms with Gasteiger partial charge in [-0.1, -0.05) is 23.5 Å². The SMILES string of the molecule is Cl.Cl.O=C(Nc1nc(-c2ccco2)c(-c2ccncc2)s1)c1ccc(CN2CCC(O)CC2)cc1. The van der Waals surface area contributed by atoms with Crippen molar-refractivity contribution in [3.8, 4) is 21.9 Å². The number of benzene rings is 1. The van der Waals surface area contributed by atoms with Crippen molar-refractivity contribution < 1.29 is 14.3 Å². The van der Waals surface area contributed by atoms with E-state index in [1.54, 1.807) is 18.7 Å². The maximum Gasteiger partial charge on any atom is 0.257 e. The minimum atomic E-state index is -0.205. The lowest BCUT2D eigenvalue weighted by atomic mass is 10.1. The lowest BCUT2D eigenvalue weighted by Crippen LogP contribution is -2.35. The van der Waals surface area contributed by atoms with Crippen LogP contribution in [-0.4, -0.2) is 45.1 Å². The summed E-state index contributed by atoms with van der Waals surface area (Å²) in [4.78, 5) is 24.8. The number of piperidine rings is 1. The zero-order valence-electron chi connectivity index (χ0n) is 18.8. The second kappa shape index (κ2) is 12.3. The van der Waals surface area contributed by atoms with Crippen molar-refractivity contribution in [2.24, 2.45) is 0 Å². The van der Waals surface area contributed by atoms with Gasteiger partial charge in [0.2, 0.25) is 0 Å². The molecule has 35 heavy (non-hydrogen) atoms. The van der Waals surface area contributed by atoms with Crippen LogP contribution in [0.25, 0.3) is 21.9 Å². The monoisotopic (exact) mass is 532 g/mol. The highest BCUT2D eigenvalue weighted by Gasteiger charge is 2.19. The Hall–Kier alpha value is -2.75. The van der Waals surface area contributed by atoms with Crippen molar-refractivity contribution in [1.29, 1.82) is 0 Å². The number of amides is 1.